The molecule has 0 saturated heterocycles. The monoisotopic (exact) mass is 170 g/mol. The van der Waals surface area contributed by atoms with Gasteiger partial charge in [0.15, 0.2) is 0 Å². The molecule has 1 aromatic heterocycles. The van der Waals surface area contributed by atoms with Crippen molar-refractivity contribution in [1.82, 2.24) is 9.97 Å². The average molecular weight is 170 g/mol. The van der Waals surface area contributed by atoms with Crippen LogP contribution >= 0.6 is 0 Å². The average Bonchev–Trinajstić information content (AvgIpc) is 1.86. The van der Waals surface area contributed by atoms with Gasteiger partial charge in [-0.3, -0.25) is 0 Å². The number of nitrogens with zero attached hydrogens (tertiary/aromatic N) is 1. The number of aromatic amines is 1. The van der Waals surface area contributed by atoms with Crippen LogP contribution in [0.25, 0.3) is 0 Å². The van der Waals surface area contributed by atoms with Gasteiger partial charge in [0.25, 0.3) is 0 Å². The fraction of sp³-hybridized carbons (Fsp3) is 0. The zero-order valence-corrected chi connectivity index (χ0v) is 6.72. The molecule has 0 fully saturated rings. The molecule has 32 valence electrons. The summed E-state index contributed by atoms with van der Waals surface area (Å²) in [5, 5.41) is 0. The number of imidazole rings is 1. The van der Waals surface area contributed by atoms with Gasteiger partial charge in [0.1, 0.15) is 0 Å². The van der Waals surface area contributed by atoms with Gasteiger partial charge in [0, 0.05) is 0 Å². The molecule has 0 radical (unpaired) electrons. The normalized spacial score (nSPS) is 7.43. The zero-order chi connectivity index (χ0) is 4.41. The van der Waals surface area contributed by atoms with Gasteiger partial charge in [-0.1, -0.05) is 6.20 Å². The summed E-state index contributed by atoms with van der Waals surface area (Å²) < 4.78 is 0. The molecule has 2 nitrogen and oxygen atoms in total. The molecule has 0 aliphatic rings. The van der Waals surface area contributed by atoms with E-state index in [4.69, 9.17) is 0 Å². The second-order valence-corrected chi connectivity index (χ2v) is 1.08. The van der Waals surface area contributed by atoms with Crippen LogP contribution in [0.5, 0.6) is 0 Å². The Hall–Kier alpha value is 0.184. The quantitative estimate of drug-likeness (QED) is 0.567. The van der Waals surface area contributed by atoms with Crippen LogP contribution < -0.4 is 0 Å². The predicted molar refractivity (Wildman–Crippen MR) is 23.0 cm³/mol. The van der Waals surface area contributed by atoms with Crippen molar-refractivity contribution < 1.29 is 32.7 Å². The molecule has 0 unspecified atom stereocenters. The molecule has 3 heteroatoms. The minimum atomic E-state index is 0. The molecule has 1 aromatic rings. The Morgan fingerprint density at radius 1 is 1.71 bits per heavy atom. The van der Waals surface area contributed by atoms with Crippen molar-refractivity contribution in [3.63, 3.8) is 0 Å². The first kappa shape index (κ1) is 7.18. The molecule has 0 spiro atoms. The van der Waals surface area contributed by atoms with E-state index < -0.39 is 0 Å². The molecular formula is C4H5N2Y+2. The molecule has 0 bridgehead atoms. The number of H-pyrrole nitrogens is 1. The van der Waals surface area contributed by atoms with Crippen molar-refractivity contribution in [2.24, 2.45) is 0 Å². The Morgan fingerprint density at radius 2 is 2.43 bits per heavy atom. The summed E-state index contributed by atoms with van der Waals surface area (Å²) in [5.74, 6) is 0. The molecule has 0 aromatic carbocycles. The standard InChI is InChI=1S/C4H5N2.Y/c1-4-2-5-3-6-4;/h2-3H,1H2,(H,5,6);/q-1;+3. The number of rotatable bonds is 0. The number of nitrogens with one attached hydrogen (secondary N) is 1. The van der Waals surface area contributed by atoms with E-state index >= 15 is 0 Å². The Morgan fingerprint density at radius 3 is 2.57 bits per heavy atom. The second-order valence-electron chi connectivity index (χ2n) is 1.08. The van der Waals surface area contributed by atoms with Crippen molar-refractivity contribution in [3.8, 4) is 0 Å². The van der Waals surface area contributed by atoms with Gasteiger partial charge in [-0.25, -0.2) is 6.92 Å². The number of hydrogen-bond acceptors (Lipinski definition) is 1. The molecule has 0 aliphatic heterocycles. The van der Waals surface area contributed by atoms with E-state index in [2.05, 4.69) is 16.9 Å². The first-order valence-electron chi connectivity index (χ1n) is 1.70. The van der Waals surface area contributed by atoms with E-state index in [-0.39, 0.29) is 32.7 Å². The summed E-state index contributed by atoms with van der Waals surface area (Å²) in [6, 6.07) is 0. The third-order valence-corrected chi connectivity index (χ3v) is 0.555. The first-order valence-corrected chi connectivity index (χ1v) is 1.70. The van der Waals surface area contributed by atoms with Crippen molar-refractivity contribution in [1.29, 1.82) is 0 Å². The Balaban J connectivity index is 0.000000360. The number of aromatic nitrogens is 2. The topological polar surface area (TPSA) is 28.7 Å². The second kappa shape index (κ2) is 3.22. The van der Waals surface area contributed by atoms with Crippen LogP contribution in [0.3, 0.4) is 0 Å². The maximum absolute atomic E-state index is 3.70. The molecule has 0 amide bonds. The van der Waals surface area contributed by atoms with Crippen LogP contribution in [0.1, 0.15) is 5.69 Å². The summed E-state index contributed by atoms with van der Waals surface area (Å²) >= 11 is 0. The summed E-state index contributed by atoms with van der Waals surface area (Å²) in [4.78, 5) is 6.48. The Kier molecular flexibility index (Phi) is 3.30. The van der Waals surface area contributed by atoms with Crippen molar-refractivity contribution in [2.45, 2.75) is 0 Å². The summed E-state index contributed by atoms with van der Waals surface area (Å²) in [6.07, 6.45) is 3.27. The van der Waals surface area contributed by atoms with E-state index in [1.54, 1.807) is 12.5 Å². The first-order chi connectivity index (χ1) is 2.89. The maximum Gasteiger partial charge on any atom is 3.00 e. The maximum atomic E-state index is 3.70. The van der Waals surface area contributed by atoms with Gasteiger partial charge in [-0.05, 0) is 0 Å². The molecule has 1 N–H and O–H groups in total. The Labute approximate surface area is 67.6 Å². The van der Waals surface area contributed by atoms with Crippen LogP contribution in [0, 0.1) is 6.92 Å². The van der Waals surface area contributed by atoms with E-state index in [0.717, 1.165) is 5.69 Å². The van der Waals surface area contributed by atoms with Gasteiger partial charge in [-0.15, -0.1) is 5.69 Å². The fourth-order valence-electron chi connectivity index (χ4n) is 0.285. The third kappa shape index (κ3) is 2.10. The molecule has 1 heterocycles. The molecule has 0 atom stereocenters. The van der Waals surface area contributed by atoms with Crippen LogP contribution in [-0.4, -0.2) is 9.97 Å². The summed E-state index contributed by atoms with van der Waals surface area (Å²) in [7, 11) is 0. The minimum Gasteiger partial charge on any atom is -0.381 e. The smallest absolute Gasteiger partial charge is 0.381 e. The number of hydrogen-bond donors (Lipinski definition) is 1. The molecule has 7 heavy (non-hydrogen) atoms. The van der Waals surface area contributed by atoms with Crippen LogP contribution in [0.4, 0.5) is 0 Å². The fourth-order valence-corrected chi connectivity index (χ4v) is 0.285. The molecule has 1 rings (SSSR count). The van der Waals surface area contributed by atoms with Crippen LogP contribution in [-0.2, 0) is 32.7 Å². The molecule has 0 saturated carbocycles. The summed E-state index contributed by atoms with van der Waals surface area (Å²) in [6.45, 7) is 3.56. The van der Waals surface area contributed by atoms with Crippen molar-refractivity contribution >= 4 is 0 Å². The summed E-state index contributed by atoms with van der Waals surface area (Å²) in [5.41, 5.74) is 0.856. The third-order valence-electron chi connectivity index (χ3n) is 0.555. The van der Waals surface area contributed by atoms with Crippen molar-refractivity contribution in [3.05, 3.63) is 25.1 Å². The van der Waals surface area contributed by atoms with Gasteiger partial charge in [-0.2, -0.15) is 0 Å². The van der Waals surface area contributed by atoms with Gasteiger partial charge >= 0.3 is 32.7 Å². The zero-order valence-electron chi connectivity index (χ0n) is 3.89. The van der Waals surface area contributed by atoms with Gasteiger partial charge < -0.3 is 9.97 Å². The van der Waals surface area contributed by atoms with Crippen LogP contribution in [0.2, 0.25) is 0 Å². The van der Waals surface area contributed by atoms with E-state index in [1.165, 1.54) is 0 Å². The van der Waals surface area contributed by atoms with E-state index in [9.17, 15) is 0 Å². The largest absolute Gasteiger partial charge is 3.00 e. The Bertz CT molecular complexity index is 113. The van der Waals surface area contributed by atoms with Gasteiger partial charge in [0.2, 0.25) is 0 Å². The van der Waals surface area contributed by atoms with Crippen LogP contribution in [0.15, 0.2) is 12.5 Å². The van der Waals surface area contributed by atoms with Crippen molar-refractivity contribution in [2.75, 3.05) is 0 Å². The minimum absolute atomic E-state index is 0. The predicted octanol–water partition coefficient (Wildman–Crippen LogP) is 0.589. The SMILES string of the molecule is [CH2-]c1cnc[nH]1.[Y+3]. The van der Waals surface area contributed by atoms with E-state index in [0.29, 0.717) is 0 Å². The molecule has 0 aliphatic carbocycles. The van der Waals surface area contributed by atoms with Gasteiger partial charge in [0.05, 0.1) is 6.33 Å². The molecular weight excluding hydrogens is 165 g/mol. The van der Waals surface area contributed by atoms with E-state index in [1.807, 2.05) is 0 Å².